The molecule has 0 N–H and O–H groups in total. The Hall–Kier alpha value is 0.0105. The Kier molecular flexibility index (Phi) is 18.4. The summed E-state index contributed by atoms with van der Waals surface area (Å²) in [6.07, 6.45) is 3.90. The summed E-state index contributed by atoms with van der Waals surface area (Å²) in [4.78, 5) is 0. The zero-order valence-electron chi connectivity index (χ0n) is 17.4. The van der Waals surface area contributed by atoms with E-state index in [0.29, 0.717) is 5.66 Å². The molecule has 1 atom stereocenters. The van der Waals surface area contributed by atoms with Crippen molar-refractivity contribution in [1.82, 2.24) is 0 Å². The molecule has 1 radical (unpaired) electrons. The van der Waals surface area contributed by atoms with Crippen LogP contribution in [-0.4, -0.2) is 17.2 Å². The van der Waals surface area contributed by atoms with Crippen LogP contribution in [0.2, 0.25) is 0 Å². The Morgan fingerprint density at radius 2 is 1.26 bits per heavy atom. The molecule has 0 aliphatic heterocycles. The standard InChI is InChI=1S/C23H22P.C3H8S2.2Au/c1-3-20-14-16-21(17-15-20)18-19(2)24(22-10-6-4-7-11-22)23-12-8-5-9-13-23;4-2-1-3-5;;/h3-17,19H,1-2,18H2;4-5H,1-3H2;;/q-1;;;+1/p-1. The average molecular weight is 831 g/mol. The van der Waals surface area contributed by atoms with E-state index >= 15 is 0 Å². The number of rotatable bonds is 8. The van der Waals surface area contributed by atoms with Gasteiger partial charge in [0.25, 0.3) is 0 Å². The summed E-state index contributed by atoms with van der Waals surface area (Å²) >= 11 is 9.17. The van der Waals surface area contributed by atoms with E-state index in [1.165, 1.54) is 16.2 Å². The SMILES string of the molecule is C=Cc1ccc(CC([CH2-])[PH+](c2ccccc2)c2ccccc2)cc1.[Au+].[Au].[S-]CCC[S-]. The summed E-state index contributed by atoms with van der Waals surface area (Å²) < 4.78 is 0. The van der Waals surface area contributed by atoms with Crippen molar-refractivity contribution in [2.75, 3.05) is 11.5 Å². The zero-order valence-corrected chi connectivity index (χ0v) is 24.4. The Labute approximate surface area is 232 Å². The van der Waals surface area contributed by atoms with E-state index in [0.717, 1.165) is 29.9 Å². The molecule has 0 heterocycles. The predicted molar refractivity (Wildman–Crippen MR) is 139 cm³/mol. The molecule has 31 heavy (non-hydrogen) atoms. The number of benzene rings is 3. The van der Waals surface area contributed by atoms with E-state index in [1.54, 1.807) is 0 Å². The first-order chi connectivity index (χ1) is 14.2. The van der Waals surface area contributed by atoms with Gasteiger partial charge in [0.05, 0.1) is 10.6 Å². The molecule has 0 aliphatic rings. The van der Waals surface area contributed by atoms with Crippen molar-refractivity contribution in [3.05, 3.63) is 110 Å². The minimum atomic E-state index is -0.922. The van der Waals surface area contributed by atoms with Gasteiger partial charge in [-0.05, 0) is 47.5 Å². The van der Waals surface area contributed by atoms with Crippen molar-refractivity contribution < 1.29 is 44.8 Å². The molecule has 3 aromatic carbocycles. The van der Waals surface area contributed by atoms with Crippen molar-refractivity contribution in [1.29, 1.82) is 0 Å². The van der Waals surface area contributed by atoms with Crippen molar-refractivity contribution in [2.24, 2.45) is 0 Å². The third kappa shape index (κ3) is 11.1. The summed E-state index contributed by atoms with van der Waals surface area (Å²) in [5.74, 6) is 1.65. The van der Waals surface area contributed by atoms with Crippen LogP contribution < -0.4 is 10.6 Å². The maximum Gasteiger partial charge on any atom is 1.00 e. The van der Waals surface area contributed by atoms with E-state index in [9.17, 15) is 0 Å². The van der Waals surface area contributed by atoms with Crippen LogP contribution in [0.25, 0.3) is 6.08 Å². The fourth-order valence-electron chi connectivity index (χ4n) is 3.11. The van der Waals surface area contributed by atoms with Crippen LogP contribution in [0.3, 0.4) is 0 Å². The molecule has 173 valence electrons. The normalized spacial score (nSPS) is 10.7. The van der Waals surface area contributed by atoms with Crippen molar-refractivity contribution in [3.8, 4) is 0 Å². The second kappa shape index (κ2) is 18.4. The van der Waals surface area contributed by atoms with Crippen molar-refractivity contribution in [2.45, 2.75) is 18.5 Å². The molecular formula is C26H29Au2PS2-. The number of hydrogen-bond acceptors (Lipinski definition) is 2. The first-order valence-corrected chi connectivity index (χ1v) is 12.6. The fraction of sp³-hybridized carbons (Fsp3) is 0.192. The Morgan fingerprint density at radius 3 is 1.61 bits per heavy atom. The van der Waals surface area contributed by atoms with Crippen LogP contribution >= 0.6 is 7.92 Å². The summed E-state index contributed by atoms with van der Waals surface area (Å²) in [7, 11) is -0.922. The van der Waals surface area contributed by atoms with E-state index in [2.05, 4.69) is 124 Å². The van der Waals surface area contributed by atoms with E-state index in [4.69, 9.17) is 0 Å². The summed E-state index contributed by atoms with van der Waals surface area (Å²) in [6.45, 7) is 8.38. The van der Waals surface area contributed by atoms with Crippen molar-refractivity contribution >= 4 is 49.9 Å². The van der Waals surface area contributed by atoms with Gasteiger partial charge in [-0.1, -0.05) is 79.7 Å². The summed E-state index contributed by atoms with van der Waals surface area (Å²) in [5.41, 5.74) is 2.88. The fourth-order valence-corrected chi connectivity index (χ4v) is 6.40. The topological polar surface area (TPSA) is 0 Å². The molecule has 1 unspecified atom stereocenters. The van der Waals surface area contributed by atoms with Gasteiger partial charge in [-0.3, -0.25) is 0 Å². The molecule has 0 saturated carbocycles. The first kappa shape index (κ1) is 31.0. The minimum Gasteiger partial charge on any atom is -0.793 e. The van der Waals surface area contributed by atoms with Gasteiger partial charge in [-0.25, -0.2) is 0 Å². The molecule has 0 saturated heterocycles. The van der Waals surface area contributed by atoms with Crippen LogP contribution in [0.1, 0.15) is 17.5 Å². The molecule has 3 rings (SSSR count). The summed E-state index contributed by atoms with van der Waals surface area (Å²) in [5, 5.41) is 2.85. The van der Waals surface area contributed by atoms with E-state index < -0.39 is 7.92 Å². The average Bonchev–Trinajstić information content (AvgIpc) is 2.77. The molecule has 0 spiro atoms. The van der Waals surface area contributed by atoms with Crippen LogP contribution in [0.15, 0.2) is 91.5 Å². The van der Waals surface area contributed by atoms with Crippen LogP contribution in [-0.2, 0) is 76.4 Å². The molecule has 0 nitrogen and oxygen atoms in total. The van der Waals surface area contributed by atoms with Gasteiger partial charge in [0.2, 0.25) is 0 Å². The second-order valence-corrected chi connectivity index (χ2v) is 10.4. The molecule has 5 heteroatoms. The molecule has 0 bridgehead atoms. The van der Waals surface area contributed by atoms with Gasteiger partial charge in [0.1, 0.15) is 0 Å². The molecule has 0 aliphatic carbocycles. The third-order valence-electron chi connectivity index (χ3n) is 4.56. The Balaban J connectivity index is 0.00000116. The molecule has 3 aromatic rings. The largest absolute Gasteiger partial charge is 1.00 e. The quantitative estimate of drug-likeness (QED) is 0.129. The smallest absolute Gasteiger partial charge is 0.793 e. The van der Waals surface area contributed by atoms with Gasteiger partial charge < -0.3 is 32.2 Å². The maximum absolute atomic E-state index is 4.58. The Morgan fingerprint density at radius 1 is 0.806 bits per heavy atom. The molecule has 0 amide bonds. The maximum atomic E-state index is 4.58. The van der Waals surface area contributed by atoms with E-state index in [-0.39, 0.29) is 44.8 Å². The molecule has 0 aromatic heterocycles. The van der Waals surface area contributed by atoms with E-state index in [1.807, 2.05) is 6.08 Å². The van der Waals surface area contributed by atoms with Crippen LogP contribution in [0.5, 0.6) is 0 Å². The zero-order chi connectivity index (χ0) is 20.9. The number of hydrogen-bond donors (Lipinski definition) is 0. The second-order valence-electron chi connectivity index (χ2n) is 6.75. The minimum absolute atomic E-state index is 0. The molecular weight excluding hydrogens is 801 g/mol. The van der Waals surface area contributed by atoms with Gasteiger partial charge >= 0.3 is 22.4 Å². The Bertz CT molecular complexity index is 786. The summed E-state index contributed by atoms with van der Waals surface area (Å²) in [6, 6.07) is 30.4. The van der Waals surface area contributed by atoms with Crippen LogP contribution in [0, 0.1) is 6.92 Å². The van der Waals surface area contributed by atoms with Gasteiger partial charge in [0.15, 0.2) is 0 Å². The molecule has 0 fully saturated rings. The van der Waals surface area contributed by atoms with Gasteiger partial charge in [-0.2, -0.15) is 11.5 Å². The van der Waals surface area contributed by atoms with Gasteiger partial charge in [-0.15, -0.1) is 0 Å². The van der Waals surface area contributed by atoms with Crippen molar-refractivity contribution in [3.63, 3.8) is 0 Å². The monoisotopic (exact) mass is 830 g/mol. The van der Waals surface area contributed by atoms with Gasteiger partial charge in [0, 0.05) is 30.3 Å². The van der Waals surface area contributed by atoms with Crippen LogP contribution in [0.4, 0.5) is 0 Å². The third-order valence-corrected chi connectivity index (χ3v) is 8.07. The first-order valence-electron chi connectivity index (χ1n) is 9.88. The predicted octanol–water partition coefficient (Wildman–Crippen LogP) is 5.41.